The van der Waals surface area contributed by atoms with Gasteiger partial charge < -0.3 is 15.5 Å². The number of rotatable bonds is 4. The van der Waals surface area contributed by atoms with Crippen LogP contribution in [-0.2, 0) is 33.4 Å². The average Bonchev–Trinajstić information content (AvgIpc) is 3.68. The second-order valence-electron chi connectivity index (χ2n) is 12.5. The third kappa shape index (κ3) is 4.19. The molecule has 1 saturated heterocycles. The Morgan fingerprint density at radius 1 is 1.07 bits per heavy atom. The second kappa shape index (κ2) is 9.81. The van der Waals surface area contributed by atoms with Crippen molar-refractivity contribution in [2.24, 2.45) is 0 Å². The monoisotopic (exact) mass is 579 g/mol. The number of hydrogen-bond donors (Lipinski definition) is 2. The summed E-state index contributed by atoms with van der Waals surface area (Å²) in [5, 5.41) is 6.37. The number of aromatic nitrogens is 1. The number of amides is 2. The zero-order chi connectivity index (χ0) is 30.0. The predicted octanol–water partition coefficient (Wildman–Crippen LogP) is 5.57. The van der Waals surface area contributed by atoms with Crippen molar-refractivity contribution in [3.8, 4) is 0 Å². The molecule has 2 atom stereocenters. The lowest BCUT2D eigenvalue weighted by Gasteiger charge is -2.51. The SMILES string of the molecule is [C-]#[N+]c1cc2c(cc1/C=C/CN1C(=O)C3(CCCC3)NC[C@@]1(C)c1cc(F)cc(F)c1)C[C@@]1(C2)C(=O)Nc2ncccc21. The molecule has 3 aromatic rings. The van der Waals surface area contributed by atoms with Gasteiger partial charge in [0.15, 0.2) is 5.69 Å². The first-order valence-corrected chi connectivity index (χ1v) is 14.7. The van der Waals surface area contributed by atoms with Gasteiger partial charge in [-0.05, 0) is 67.5 Å². The Morgan fingerprint density at radius 2 is 1.79 bits per heavy atom. The van der Waals surface area contributed by atoms with E-state index in [4.69, 9.17) is 6.57 Å². The van der Waals surface area contributed by atoms with Crippen LogP contribution in [0.5, 0.6) is 0 Å². The Morgan fingerprint density at radius 3 is 2.51 bits per heavy atom. The molecule has 1 saturated carbocycles. The maximum absolute atomic E-state index is 14.3. The number of fused-ring (bicyclic) bond motifs is 3. The van der Waals surface area contributed by atoms with Gasteiger partial charge in [0.2, 0.25) is 11.8 Å². The number of hydrogen-bond acceptors (Lipinski definition) is 4. The number of carbonyl (C=O) groups is 2. The van der Waals surface area contributed by atoms with Crippen LogP contribution >= 0.6 is 0 Å². The first-order chi connectivity index (χ1) is 20.7. The molecule has 43 heavy (non-hydrogen) atoms. The molecule has 9 heteroatoms. The Hall–Kier alpha value is -4.42. The fraction of sp³-hybridized carbons (Fsp3) is 0.353. The maximum atomic E-state index is 14.3. The largest absolute Gasteiger partial charge is 0.327 e. The molecule has 7 rings (SSSR count). The quantitative estimate of drug-likeness (QED) is 0.396. The first kappa shape index (κ1) is 27.4. The number of halogens is 2. The van der Waals surface area contributed by atoms with E-state index in [9.17, 15) is 18.4 Å². The smallest absolute Gasteiger partial charge is 0.243 e. The molecule has 2 amide bonds. The van der Waals surface area contributed by atoms with Gasteiger partial charge in [0.1, 0.15) is 17.5 Å². The van der Waals surface area contributed by atoms with Crippen molar-refractivity contribution >= 4 is 29.4 Å². The Bertz CT molecular complexity index is 1740. The van der Waals surface area contributed by atoms with E-state index in [0.29, 0.717) is 42.0 Å². The lowest BCUT2D eigenvalue weighted by molar-refractivity contribution is -0.149. The summed E-state index contributed by atoms with van der Waals surface area (Å²) in [6, 6.07) is 11.0. The van der Waals surface area contributed by atoms with Crippen LogP contribution in [0, 0.1) is 18.2 Å². The van der Waals surface area contributed by atoms with Gasteiger partial charge in [0.25, 0.3) is 0 Å². The first-order valence-electron chi connectivity index (χ1n) is 14.7. The molecule has 2 spiro atoms. The van der Waals surface area contributed by atoms with Gasteiger partial charge in [-0.1, -0.05) is 48.8 Å². The van der Waals surface area contributed by atoms with E-state index in [1.165, 1.54) is 12.1 Å². The van der Waals surface area contributed by atoms with Crippen LogP contribution < -0.4 is 10.6 Å². The van der Waals surface area contributed by atoms with E-state index < -0.39 is 28.1 Å². The van der Waals surface area contributed by atoms with Crippen LogP contribution in [0.4, 0.5) is 20.3 Å². The average molecular weight is 580 g/mol. The van der Waals surface area contributed by atoms with E-state index in [1.54, 1.807) is 11.1 Å². The number of carbonyl (C=O) groups excluding carboxylic acids is 2. The van der Waals surface area contributed by atoms with Crippen molar-refractivity contribution in [3.63, 3.8) is 0 Å². The minimum absolute atomic E-state index is 0.0751. The summed E-state index contributed by atoms with van der Waals surface area (Å²) in [6.07, 6.45) is 9.69. The number of anilines is 1. The molecule has 7 nitrogen and oxygen atoms in total. The molecule has 2 aliphatic carbocycles. The van der Waals surface area contributed by atoms with Crippen LogP contribution in [0.1, 0.15) is 60.4 Å². The number of pyridine rings is 1. The van der Waals surface area contributed by atoms with Crippen LogP contribution in [0.15, 0.2) is 54.7 Å². The van der Waals surface area contributed by atoms with Crippen molar-refractivity contribution in [3.05, 3.63) is 106 Å². The molecule has 0 unspecified atom stereocenters. The highest BCUT2D eigenvalue weighted by molar-refractivity contribution is 6.06. The molecule has 4 aliphatic rings. The number of nitrogens with zero attached hydrogens (tertiary/aromatic N) is 3. The Balaban J connectivity index is 1.21. The van der Waals surface area contributed by atoms with Crippen molar-refractivity contribution in [2.75, 3.05) is 18.4 Å². The van der Waals surface area contributed by atoms with Gasteiger partial charge in [-0.15, -0.1) is 0 Å². The molecular formula is C34H31F2N5O2. The minimum Gasteiger partial charge on any atom is -0.327 e. The van der Waals surface area contributed by atoms with Gasteiger partial charge in [0.05, 0.1) is 23.1 Å². The molecule has 218 valence electrons. The van der Waals surface area contributed by atoms with Crippen molar-refractivity contribution in [2.45, 2.75) is 61.9 Å². The van der Waals surface area contributed by atoms with Crippen LogP contribution in [0.25, 0.3) is 10.9 Å². The predicted molar refractivity (Wildman–Crippen MR) is 158 cm³/mol. The molecule has 2 aromatic carbocycles. The summed E-state index contributed by atoms with van der Waals surface area (Å²) < 4.78 is 28.6. The number of nitrogens with one attached hydrogen (secondary N) is 2. The summed E-state index contributed by atoms with van der Waals surface area (Å²) in [5.41, 5.74) is 2.01. The summed E-state index contributed by atoms with van der Waals surface area (Å²) >= 11 is 0. The highest BCUT2D eigenvalue weighted by Gasteiger charge is 2.53. The lowest BCUT2D eigenvalue weighted by Crippen LogP contribution is -2.70. The van der Waals surface area contributed by atoms with Crippen molar-refractivity contribution in [1.82, 2.24) is 15.2 Å². The third-order valence-electron chi connectivity index (χ3n) is 9.99. The fourth-order valence-electron chi connectivity index (χ4n) is 7.62. The summed E-state index contributed by atoms with van der Waals surface area (Å²) in [6.45, 7) is 10.3. The van der Waals surface area contributed by atoms with E-state index in [2.05, 4.69) is 20.5 Å². The van der Waals surface area contributed by atoms with Gasteiger partial charge in [0, 0.05) is 30.9 Å². The molecule has 2 aliphatic heterocycles. The zero-order valence-electron chi connectivity index (χ0n) is 23.8. The van der Waals surface area contributed by atoms with Gasteiger partial charge >= 0.3 is 0 Å². The molecule has 0 radical (unpaired) electrons. The maximum Gasteiger partial charge on any atom is 0.243 e. The van der Waals surface area contributed by atoms with E-state index in [0.717, 1.165) is 48.4 Å². The van der Waals surface area contributed by atoms with E-state index in [1.807, 2.05) is 43.3 Å². The fourth-order valence-corrected chi connectivity index (χ4v) is 7.62. The highest BCUT2D eigenvalue weighted by atomic mass is 19.1. The normalized spacial score (nSPS) is 25.4. The second-order valence-corrected chi connectivity index (χ2v) is 12.5. The standard InChI is InChI=1S/C34H31F2N5O2/c1-32(24-15-25(35)17-26(36)16-24)20-39-34(9-3-4-10-34)31(43)41(32)12-6-7-21-13-22-18-33(19-23(22)14-28(21)37-2)27-8-5-11-38-29(27)40-30(33)42/h5-8,11,13-17,39H,3-4,9-10,12,18-20H2,1H3,(H,38,40,42)/b7-6+/t32-,33-/m0/s1. The Kier molecular flexibility index (Phi) is 6.26. The van der Waals surface area contributed by atoms with E-state index in [-0.39, 0.29) is 18.4 Å². The van der Waals surface area contributed by atoms with Crippen LogP contribution in [-0.4, -0.2) is 40.3 Å². The molecule has 3 heterocycles. The minimum atomic E-state index is -0.984. The Labute approximate surface area is 248 Å². The lowest BCUT2D eigenvalue weighted by atomic mass is 9.79. The van der Waals surface area contributed by atoms with Gasteiger partial charge in [-0.25, -0.2) is 18.6 Å². The van der Waals surface area contributed by atoms with Crippen LogP contribution in [0.3, 0.4) is 0 Å². The molecule has 2 N–H and O–H groups in total. The summed E-state index contributed by atoms with van der Waals surface area (Å²) in [5.74, 6) is -0.939. The molecule has 1 aromatic heterocycles. The molecule has 0 bridgehead atoms. The number of benzene rings is 2. The van der Waals surface area contributed by atoms with E-state index >= 15 is 0 Å². The molecule has 2 fully saturated rings. The third-order valence-corrected chi connectivity index (χ3v) is 9.99. The topological polar surface area (TPSA) is 78.7 Å². The van der Waals surface area contributed by atoms with Crippen LogP contribution in [0.2, 0.25) is 0 Å². The highest BCUT2D eigenvalue weighted by Crippen LogP contribution is 2.48. The number of piperazine rings is 1. The summed E-state index contributed by atoms with van der Waals surface area (Å²) in [7, 11) is 0. The zero-order valence-corrected chi connectivity index (χ0v) is 23.8. The van der Waals surface area contributed by atoms with Crippen molar-refractivity contribution < 1.29 is 18.4 Å². The molecular weight excluding hydrogens is 548 g/mol. The summed E-state index contributed by atoms with van der Waals surface area (Å²) in [4.78, 5) is 37.0. The van der Waals surface area contributed by atoms with Gasteiger partial charge in [-0.3, -0.25) is 9.59 Å². The van der Waals surface area contributed by atoms with Crippen molar-refractivity contribution in [1.29, 1.82) is 0 Å². The van der Waals surface area contributed by atoms with Gasteiger partial charge in [-0.2, -0.15) is 0 Å².